The number of rotatable bonds is 2. The number of hydrogen-bond acceptors (Lipinski definition) is 5. The average Bonchev–Trinajstić information content (AvgIpc) is 2.90. The van der Waals surface area contributed by atoms with Crippen LogP contribution in [0, 0.1) is 0 Å². The van der Waals surface area contributed by atoms with Gasteiger partial charge in [0.2, 0.25) is 0 Å². The Morgan fingerprint density at radius 3 is 2.55 bits per heavy atom. The van der Waals surface area contributed by atoms with Crippen molar-refractivity contribution in [1.82, 2.24) is 0 Å². The van der Waals surface area contributed by atoms with E-state index >= 15 is 0 Å². The highest BCUT2D eigenvalue weighted by atomic mass is 16.5. The molecule has 5 heteroatoms. The smallest absolute Gasteiger partial charge is 0.164 e. The molecule has 0 fully saturated rings. The molecule has 2 atom stereocenters. The Kier molecular flexibility index (Phi) is 2.82. The van der Waals surface area contributed by atoms with Gasteiger partial charge in [0.25, 0.3) is 0 Å². The molecule has 4 rings (SSSR count). The predicted octanol–water partition coefficient (Wildman–Crippen LogP) is 3.02. The van der Waals surface area contributed by atoms with Crippen molar-refractivity contribution in [1.29, 1.82) is 0 Å². The van der Waals surface area contributed by atoms with Crippen LogP contribution in [0.4, 0.5) is 0 Å². The summed E-state index contributed by atoms with van der Waals surface area (Å²) in [5.74, 6) is 3.09. The monoisotopic (exact) mass is 300 g/mol. The second-order valence-electron chi connectivity index (χ2n) is 5.42. The minimum atomic E-state index is -0.115. The third-order valence-electron chi connectivity index (χ3n) is 4.26. The number of aromatic hydroxyl groups is 1. The molecule has 0 spiro atoms. The average molecular weight is 300 g/mol. The lowest BCUT2D eigenvalue weighted by Gasteiger charge is -2.27. The minimum absolute atomic E-state index is 0.104. The van der Waals surface area contributed by atoms with Crippen molar-refractivity contribution in [2.24, 2.45) is 0 Å². The molecule has 1 N–H and O–H groups in total. The molecule has 2 aliphatic rings. The molecule has 114 valence electrons. The summed E-state index contributed by atoms with van der Waals surface area (Å²) in [6, 6.07) is 8.93. The molecule has 0 aromatic heterocycles. The van der Waals surface area contributed by atoms with Crippen LogP contribution in [0.3, 0.4) is 0 Å². The highest BCUT2D eigenvalue weighted by Gasteiger charge is 2.41. The standard InChI is InChI=1S/C17H16O5/c1-19-15-6-11-12-8-21-13-5-9(18)3-4-10(13)17(12)22-14(11)7-16(15)20-2/h3-7,12,17-18H,8H2,1-2H3. The van der Waals surface area contributed by atoms with Gasteiger partial charge < -0.3 is 24.1 Å². The molecule has 2 unspecified atom stereocenters. The molecule has 22 heavy (non-hydrogen) atoms. The van der Waals surface area contributed by atoms with Crippen LogP contribution in [-0.4, -0.2) is 25.9 Å². The maximum Gasteiger partial charge on any atom is 0.164 e. The van der Waals surface area contributed by atoms with Gasteiger partial charge in [-0.3, -0.25) is 0 Å². The number of phenolic OH excluding ortho intramolecular Hbond substituents is 1. The van der Waals surface area contributed by atoms with Crippen molar-refractivity contribution in [2.75, 3.05) is 20.8 Å². The lowest BCUT2D eigenvalue weighted by atomic mass is 9.89. The number of ether oxygens (including phenoxy) is 4. The first-order chi connectivity index (χ1) is 10.7. The molecule has 5 nitrogen and oxygen atoms in total. The van der Waals surface area contributed by atoms with E-state index in [1.807, 2.05) is 18.2 Å². The van der Waals surface area contributed by atoms with Gasteiger partial charge in [0, 0.05) is 23.3 Å². The molecule has 0 saturated heterocycles. The van der Waals surface area contributed by atoms with Crippen LogP contribution < -0.4 is 18.9 Å². The van der Waals surface area contributed by atoms with Crippen molar-refractivity contribution < 1.29 is 24.1 Å². The molecule has 2 aromatic rings. The molecule has 2 aliphatic heterocycles. The highest BCUT2D eigenvalue weighted by Crippen LogP contribution is 2.53. The van der Waals surface area contributed by atoms with Crippen molar-refractivity contribution in [3.63, 3.8) is 0 Å². The Morgan fingerprint density at radius 2 is 1.77 bits per heavy atom. The van der Waals surface area contributed by atoms with Crippen molar-refractivity contribution in [3.8, 4) is 28.7 Å². The van der Waals surface area contributed by atoms with Crippen LogP contribution in [0.1, 0.15) is 23.1 Å². The first kappa shape index (κ1) is 13.1. The van der Waals surface area contributed by atoms with Gasteiger partial charge in [-0.15, -0.1) is 0 Å². The van der Waals surface area contributed by atoms with E-state index in [1.165, 1.54) is 0 Å². The molecule has 0 radical (unpaired) electrons. The zero-order chi connectivity index (χ0) is 15.3. The maximum atomic E-state index is 9.59. The first-order valence-corrected chi connectivity index (χ1v) is 7.09. The third kappa shape index (κ3) is 1.78. The quantitative estimate of drug-likeness (QED) is 0.924. The summed E-state index contributed by atoms with van der Waals surface area (Å²) in [6.45, 7) is 0.504. The van der Waals surface area contributed by atoms with Crippen LogP contribution in [0.2, 0.25) is 0 Å². The summed E-state index contributed by atoms with van der Waals surface area (Å²) in [5.41, 5.74) is 2.00. The van der Waals surface area contributed by atoms with E-state index in [9.17, 15) is 5.11 Å². The molecule has 0 aliphatic carbocycles. The fraction of sp³-hybridized carbons (Fsp3) is 0.294. The molecule has 0 saturated carbocycles. The van der Waals surface area contributed by atoms with Crippen LogP contribution in [0.5, 0.6) is 28.7 Å². The fourth-order valence-electron chi connectivity index (χ4n) is 3.17. The van der Waals surface area contributed by atoms with Crippen LogP contribution in [0.15, 0.2) is 30.3 Å². The highest BCUT2D eigenvalue weighted by molar-refractivity contribution is 5.57. The topological polar surface area (TPSA) is 57.2 Å². The first-order valence-electron chi connectivity index (χ1n) is 7.09. The van der Waals surface area contributed by atoms with E-state index in [0.29, 0.717) is 23.9 Å². The van der Waals surface area contributed by atoms with Crippen molar-refractivity contribution >= 4 is 0 Å². The largest absolute Gasteiger partial charge is 0.508 e. The van der Waals surface area contributed by atoms with E-state index < -0.39 is 0 Å². The summed E-state index contributed by atoms with van der Waals surface area (Å²) >= 11 is 0. The Hall–Kier alpha value is -2.56. The van der Waals surface area contributed by atoms with Gasteiger partial charge in [0.1, 0.15) is 23.4 Å². The Bertz CT molecular complexity index is 740. The third-order valence-corrected chi connectivity index (χ3v) is 4.26. The SMILES string of the molecule is COc1cc2c(cc1OC)C1COc3cc(O)ccc3C1O2. The lowest BCUT2D eigenvalue weighted by molar-refractivity contribution is 0.139. The van der Waals surface area contributed by atoms with Gasteiger partial charge in [0.15, 0.2) is 11.5 Å². The Balaban J connectivity index is 1.79. The van der Waals surface area contributed by atoms with Gasteiger partial charge >= 0.3 is 0 Å². The van der Waals surface area contributed by atoms with Crippen LogP contribution >= 0.6 is 0 Å². The lowest BCUT2D eigenvalue weighted by Crippen LogP contribution is -2.23. The maximum absolute atomic E-state index is 9.59. The number of phenols is 1. The van der Waals surface area contributed by atoms with Crippen molar-refractivity contribution in [2.45, 2.75) is 12.0 Å². The Labute approximate surface area is 128 Å². The summed E-state index contributed by atoms with van der Waals surface area (Å²) in [7, 11) is 3.22. The fourth-order valence-corrected chi connectivity index (χ4v) is 3.17. The van der Waals surface area contributed by atoms with Gasteiger partial charge in [-0.2, -0.15) is 0 Å². The van der Waals surface area contributed by atoms with Crippen LogP contribution in [0.25, 0.3) is 0 Å². The zero-order valence-corrected chi connectivity index (χ0v) is 12.3. The summed E-state index contributed by atoms with van der Waals surface area (Å²) in [4.78, 5) is 0. The molecule has 0 bridgehead atoms. The summed E-state index contributed by atoms with van der Waals surface area (Å²) in [6.07, 6.45) is -0.115. The van der Waals surface area contributed by atoms with Gasteiger partial charge in [-0.25, -0.2) is 0 Å². The van der Waals surface area contributed by atoms with E-state index in [-0.39, 0.29) is 17.8 Å². The molecular formula is C17H16O5. The second kappa shape index (κ2) is 4.73. The van der Waals surface area contributed by atoms with E-state index in [4.69, 9.17) is 18.9 Å². The second-order valence-corrected chi connectivity index (χ2v) is 5.42. The minimum Gasteiger partial charge on any atom is -0.508 e. The van der Waals surface area contributed by atoms with E-state index in [0.717, 1.165) is 16.9 Å². The number of hydrogen-bond donors (Lipinski definition) is 1. The Morgan fingerprint density at radius 1 is 1.00 bits per heavy atom. The van der Waals surface area contributed by atoms with Gasteiger partial charge in [-0.05, 0) is 18.2 Å². The van der Waals surface area contributed by atoms with E-state index in [2.05, 4.69) is 0 Å². The number of fused-ring (bicyclic) bond motifs is 5. The predicted molar refractivity (Wildman–Crippen MR) is 79.3 cm³/mol. The molecule has 0 amide bonds. The van der Waals surface area contributed by atoms with Gasteiger partial charge in [-0.1, -0.05) is 0 Å². The number of methoxy groups -OCH3 is 2. The zero-order valence-electron chi connectivity index (χ0n) is 12.3. The molecule has 2 aromatic carbocycles. The summed E-state index contributed by atoms with van der Waals surface area (Å²) < 4.78 is 22.6. The van der Waals surface area contributed by atoms with Crippen LogP contribution in [-0.2, 0) is 0 Å². The van der Waals surface area contributed by atoms with E-state index in [1.54, 1.807) is 26.4 Å². The summed E-state index contributed by atoms with van der Waals surface area (Å²) in [5, 5.41) is 9.59. The van der Waals surface area contributed by atoms with Gasteiger partial charge in [0.05, 0.1) is 26.7 Å². The molecule has 2 heterocycles. The van der Waals surface area contributed by atoms with Crippen molar-refractivity contribution in [3.05, 3.63) is 41.5 Å². The molecular weight excluding hydrogens is 284 g/mol. The normalized spacial score (nSPS) is 21.0. The number of benzene rings is 2.